The second kappa shape index (κ2) is 7.97. The van der Waals surface area contributed by atoms with Gasteiger partial charge in [0.15, 0.2) is 5.96 Å². The minimum absolute atomic E-state index is 0.414. The number of nitrogens with one attached hydrogen (secondary N) is 1. The molecule has 6 nitrogen and oxygen atoms in total. The number of guanidine groups is 1. The van der Waals surface area contributed by atoms with Crippen LogP contribution in [0.4, 0.5) is 0 Å². The summed E-state index contributed by atoms with van der Waals surface area (Å²) in [5, 5.41) is 3.23. The lowest BCUT2D eigenvalue weighted by Gasteiger charge is -2.23. The highest BCUT2D eigenvalue weighted by Gasteiger charge is 2.22. The highest BCUT2D eigenvalue weighted by Crippen LogP contribution is 2.18. The Balaban J connectivity index is 1.51. The highest BCUT2D eigenvalue weighted by molar-refractivity contribution is 5.77. The fraction of sp³-hybridized carbons (Fsp3) is 0.444. The zero-order valence-corrected chi connectivity index (χ0v) is 14.1. The van der Waals surface area contributed by atoms with Crippen LogP contribution in [-0.4, -0.2) is 41.5 Å². The molecule has 1 aliphatic heterocycles. The first-order valence-corrected chi connectivity index (χ1v) is 8.54. The molecule has 1 fully saturated rings. The maximum atomic E-state index is 5.97. The molecule has 0 amide bonds. The van der Waals surface area contributed by atoms with Crippen LogP contribution < -0.4 is 11.1 Å². The molecule has 3 rings (SSSR count). The minimum Gasteiger partial charge on any atom is -0.444 e. The first-order chi connectivity index (χ1) is 11.8. The summed E-state index contributed by atoms with van der Waals surface area (Å²) in [7, 11) is 0. The summed E-state index contributed by atoms with van der Waals surface area (Å²) in [6.07, 6.45) is 4.12. The van der Waals surface area contributed by atoms with Crippen molar-refractivity contribution in [3.8, 4) is 11.5 Å². The highest BCUT2D eigenvalue weighted by atomic mass is 16.3. The van der Waals surface area contributed by atoms with Gasteiger partial charge in [-0.2, -0.15) is 0 Å². The Bertz CT molecular complexity index is 667. The third-order valence-electron chi connectivity index (χ3n) is 4.41. The summed E-state index contributed by atoms with van der Waals surface area (Å²) in [6, 6.07) is 10.4. The molecule has 24 heavy (non-hydrogen) atoms. The van der Waals surface area contributed by atoms with Gasteiger partial charge in [0, 0.05) is 18.2 Å². The molecule has 0 aliphatic carbocycles. The Kier molecular flexibility index (Phi) is 5.48. The van der Waals surface area contributed by atoms with Crippen LogP contribution in [0, 0.1) is 0 Å². The monoisotopic (exact) mass is 327 g/mol. The molecule has 1 aromatic heterocycles. The molecule has 1 atom stereocenters. The average molecular weight is 327 g/mol. The number of hydrogen-bond acceptors (Lipinski definition) is 4. The molecule has 1 unspecified atom stereocenters. The van der Waals surface area contributed by atoms with Gasteiger partial charge in [0.2, 0.25) is 5.89 Å². The molecular weight excluding hydrogens is 302 g/mol. The van der Waals surface area contributed by atoms with Crippen molar-refractivity contribution in [3.05, 3.63) is 42.3 Å². The van der Waals surface area contributed by atoms with Crippen LogP contribution >= 0.6 is 0 Å². The molecule has 2 aromatic rings. The number of aliphatic imine (C=N–C) groups is 1. The topological polar surface area (TPSA) is 79.7 Å². The fourth-order valence-electron chi connectivity index (χ4n) is 3.08. The molecule has 0 bridgehead atoms. The molecule has 0 saturated carbocycles. The zero-order valence-electron chi connectivity index (χ0n) is 14.1. The number of nitrogens with two attached hydrogens (primary N) is 1. The summed E-state index contributed by atoms with van der Waals surface area (Å²) in [5.41, 5.74) is 7.70. The van der Waals surface area contributed by atoms with Crippen LogP contribution in [0.15, 0.2) is 46.0 Å². The summed E-state index contributed by atoms with van der Waals surface area (Å²) in [5.74, 6) is 1.07. The van der Waals surface area contributed by atoms with E-state index in [4.69, 9.17) is 10.2 Å². The van der Waals surface area contributed by atoms with E-state index in [1.54, 1.807) is 6.26 Å². The van der Waals surface area contributed by atoms with E-state index in [1.165, 1.54) is 19.4 Å². The molecule has 3 N–H and O–H groups in total. The molecule has 1 aliphatic rings. The van der Waals surface area contributed by atoms with Crippen molar-refractivity contribution in [1.29, 1.82) is 0 Å². The van der Waals surface area contributed by atoms with E-state index >= 15 is 0 Å². The van der Waals surface area contributed by atoms with Crippen LogP contribution in [0.5, 0.6) is 0 Å². The Morgan fingerprint density at radius 2 is 2.25 bits per heavy atom. The van der Waals surface area contributed by atoms with Crippen molar-refractivity contribution < 1.29 is 4.42 Å². The number of likely N-dealkylation sites (tertiary alicyclic amines) is 1. The van der Waals surface area contributed by atoms with Crippen molar-refractivity contribution >= 4 is 5.96 Å². The van der Waals surface area contributed by atoms with Crippen molar-refractivity contribution in [1.82, 2.24) is 15.2 Å². The van der Waals surface area contributed by atoms with Gasteiger partial charge in [0.25, 0.3) is 0 Å². The molecule has 128 valence electrons. The standard InChI is InChI=1S/C18H25N5O/c1-2-23-10-6-9-16(23)12-21-18(19)20-11-15-13-24-17(22-15)14-7-4-3-5-8-14/h3-5,7-8,13,16H,2,6,9-12H2,1H3,(H3,19,20,21). The Labute approximate surface area is 142 Å². The van der Waals surface area contributed by atoms with Gasteiger partial charge in [-0.15, -0.1) is 0 Å². The van der Waals surface area contributed by atoms with E-state index in [2.05, 4.69) is 27.1 Å². The molecular formula is C18H25N5O. The lowest BCUT2D eigenvalue weighted by molar-refractivity contribution is 0.267. The van der Waals surface area contributed by atoms with Crippen molar-refractivity contribution in [3.63, 3.8) is 0 Å². The van der Waals surface area contributed by atoms with Crippen LogP contribution in [0.25, 0.3) is 11.5 Å². The summed E-state index contributed by atoms with van der Waals surface area (Å²) < 4.78 is 5.50. The van der Waals surface area contributed by atoms with E-state index in [9.17, 15) is 0 Å². The van der Waals surface area contributed by atoms with E-state index < -0.39 is 0 Å². The largest absolute Gasteiger partial charge is 0.444 e. The van der Waals surface area contributed by atoms with Gasteiger partial charge in [0.1, 0.15) is 12.0 Å². The SMILES string of the molecule is CCN1CCCC1CNC(N)=NCc1coc(-c2ccccc2)n1. The molecule has 2 heterocycles. The van der Waals surface area contributed by atoms with Crippen molar-refractivity contribution in [2.45, 2.75) is 32.4 Å². The van der Waals surface area contributed by atoms with E-state index in [-0.39, 0.29) is 0 Å². The van der Waals surface area contributed by atoms with Gasteiger partial charge in [0.05, 0.1) is 6.54 Å². The lowest BCUT2D eigenvalue weighted by Crippen LogP contribution is -2.42. The Morgan fingerprint density at radius 1 is 1.42 bits per heavy atom. The first kappa shape index (κ1) is 16.5. The number of aromatic nitrogens is 1. The second-order valence-corrected chi connectivity index (χ2v) is 6.02. The Hall–Kier alpha value is -2.34. The maximum absolute atomic E-state index is 5.97. The summed E-state index contributed by atoms with van der Waals surface area (Å²) in [4.78, 5) is 11.3. The van der Waals surface area contributed by atoms with Crippen molar-refractivity contribution in [2.24, 2.45) is 10.7 Å². The predicted octanol–water partition coefficient (Wildman–Crippen LogP) is 2.23. The molecule has 6 heteroatoms. The molecule has 0 radical (unpaired) electrons. The molecule has 0 spiro atoms. The van der Waals surface area contributed by atoms with Crippen LogP contribution in [0.1, 0.15) is 25.5 Å². The smallest absolute Gasteiger partial charge is 0.226 e. The second-order valence-electron chi connectivity index (χ2n) is 6.02. The van der Waals surface area contributed by atoms with Gasteiger partial charge in [-0.05, 0) is 38.1 Å². The Morgan fingerprint density at radius 3 is 3.04 bits per heavy atom. The van der Waals surface area contributed by atoms with E-state index in [0.717, 1.165) is 24.3 Å². The number of oxazole rings is 1. The fourth-order valence-corrected chi connectivity index (χ4v) is 3.08. The zero-order chi connectivity index (χ0) is 16.8. The molecule has 1 aromatic carbocycles. The van der Waals surface area contributed by atoms with Gasteiger partial charge in [-0.25, -0.2) is 9.98 Å². The van der Waals surface area contributed by atoms with Crippen molar-refractivity contribution in [2.75, 3.05) is 19.6 Å². The lowest BCUT2D eigenvalue weighted by atomic mass is 10.2. The van der Waals surface area contributed by atoms with Crippen LogP contribution in [0.2, 0.25) is 0 Å². The average Bonchev–Trinajstić information content (AvgIpc) is 3.28. The third-order valence-corrected chi connectivity index (χ3v) is 4.41. The normalized spacial score (nSPS) is 18.9. The van der Waals surface area contributed by atoms with Gasteiger partial charge in [-0.1, -0.05) is 25.1 Å². The number of benzene rings is 1. The van der Waals surface area contributed by atoms with Crippen LogP contribution in [0.3, 0.4) is 0 Å². The molecule has 1 saturated heterocycles. The quantitative estimate of drug-likeness (QED) is 0.628. The van der Waals surface area contributed by atoms with E-state index in [1.807, 2.05) is 30.3 Å². The third kappa shape index (κ3) is 4.14. The first-order valence-electron chi connectivity index (χ1n) is 8.54. The number of rotatable bonds is 6. The number of likely N-dealkylation sites (N-methyl/N-ethyl adjacent to an activating group) is 1. The van der Waals surface area contributed by atoms with Gasteiger partial charge >= 0.3 is 0 Å². The summed E-state index contributed by atoms with van der Waals surface area (Å²) in [6.45, 7) is 5.73. The maximum Gasteiger partial charge on any atom is 0.226 e. The van der Waals surface area contributed by atoms with Crippen LogP contribution in [-0.2, 0) is 6.54 Å². The minimum atomic E-state index is 0.414. The van der Waals surface area contributed by atoms with E-state index in [0.29, 0.717) is 24.4 Å². The van der Waals surface area contributed by atoms with Gasteiger partial charge < -0.3 is 15.5 Å². The van der Waals surface area contributed by atoms with Gasteiger partial charge in [-0.3, -0.25) is 4.90 Å². The number of hydrogen-bond donors (Lipinski definition) is 2. The number of nitrogens with zero attached hydrogens (tertiary/aromatic N) is 3. The summed E-state index contributed by atoms with van der Waals surface area (Å²) >= 11 is 0. The predicted molar refractivity (Wildman–Crippen MR) is 95.5 cm³/mol.